The highest BCUT2D eigenvalue weighted by atomic mass is 16.5. The highest BCUT2D eigenvalue weighted by Gasteiger charge is 2.32. The number of aryl methyl sites for hydroxylation is 1. The van der Waals surface area contributed by atoms with Crippen LogP contribution in [0.15, 0.2) is 78.9 Å². The van der Waals surface area contributed by atoms with Crippen LogP contribution < -0.4 is 4.74 Å². The molecule has 0 aliphatic heterocycles. The maximum atomic E-state index is 10.8. The van der Waals surface area contributed by atoms with Crippen molar-refractivity contribution in [3.63, 3.8) is 0 Å². The maximum Gasteiger partial charge on any atom is 0.328 e. The molecule has 0 saturated carbocycles. The Labute approximate surface area is 171 Å². The van der Waals surface area contributed by atoms with Gasteiger partial charge >= 0.3 is 5.97 Å². The summed E-state index contributed by atoms with van der Waals surface area (Å²) in [6, 6.07) is 25.4. The van der Waals surface area contributed by atoms with Crippen LogP contribution in [0.2, 0.25) is 0 Å². The lowest BCUT2D eigenvalue weighted by Gasteiger charge is -2.35. The number of benzene rings is 3. The van der Waals surface area contributed by atoms with Crippen molar-refractivity contribution in [3.05, 3.63) is 107 Å². The minimum Gasteiger partial charge on any atom is -0.497 e. The van der Waals surface area contributed by atoms with Crippen molar-refractivity contribution in [2.45, 2.75) is 24.7 Å². The Balaban J connectivity index is 1.76. The molecule has 4 rings (SSSR count). The van der Waals surface area contributed by atoms with Crippen molar-refractivity contribution >= 4 is 12.0 Å². The van der Waals surface area contributed by atoms with Crippen LogP contribution in [0.3, 0.4) is 0 Å². The second-order valence-electron chi connectivity index (χ2n) is 7.44. The molecule has 0 radical (unpaired) electrons. The zero-order valence-electron chi connectivity index (χ0n) is 16.4. The summed E-state index contributed by atoms with van der Waals surface area (Å²) in [6.07, 6.45) is 4.90. The van der Waals surface area contributed by atoms with Gasteiger partial charge in [-0.3, -0.25) is 0 Å². The summed E-state index contributed by atoms with van der Waals surface area (Å²) in [6.45, 7) is 0. The van der Waals surface area contributed by atoms with Gasteiger partial charge in [0, 0.05) is 12.0 Å². The van der Waals surface area contributed by atoms with Gasteiger partial charge in [0.05, 0.1) is 7.11 Å². The highest BCUT2D eigenvalue weighted by molar-refractivity contribution is 5.85. The summed E-state index contributed by atoms with van der Waals surface area (Å²) < 4.78 is 5.44. The molecule has 0 aromatic heterocycles. The number of fused-ring (bicyclic) bond motifs is 1. The van der Waals surface area contributed by atoms with Gasteiger partial charge in [-0.15, -0.1) is 0 Å². The van der Waals surface area contributed by atoms with Crippen molar-refractivity contribution < 1.29 is 14.6 Å². The van der Waals surface area contributed by atoms with Gasteiger partial charge in [-0.05, 0) is 64.8 Å². The molecule has 0 fully saturated rings. The van der Waals surface area contributed by atoms with E-state index in [9.17, 15) is 4.79 Å². The lowest BCUT2D eigenvalue weighted by atomic mass is 9.69. The van der Waals surface area contributed by atoms with E-state index in [0.717, 1.165) is 24.2 Å². The molecule has 2 atom stereocenters. The first-order valence-electron chi connectivity index (χ1n) is 9.88. The molecule has 29 heavy (non-hydrogen) atoms. The van der Waals surface area contributed by atoms with E-state index in [1.54, 1.807) is 13.2 Å². The van der Waals surface area contributed by atoms with Crippen LogP contribution in [0, 0.1) is 0 Å². The topological polar surface area (TPSA) is 46.5 Å². The summed E-state index contributed by atoms with van der Waals surface area (Å²) in [4.78, 5) is 10.8. The average Bonchev–Trinajstić information content (AvgIpc) is 2.77. The number of ether oxygens (including phenoxy) is 1. The first-order chi connectivity index (χ1) is 14.2. The lowest BCUT2D eigenvalue weighted by Crippen LogP contribution is -2.20. The minimum atomic E-state index is -0.937. The highest BCUT2D eigenvalue weighted by Crippen LogP contribution is 2.46. The molecule has 3 heteroatoms. The number of methoxy groups -OCH3 is 1. The van der Waals surface area contributed by atoms with Gasteiger partial charge in [0.2, 0.25) is 0 Å². The molecular weight excluding hydrogens is 360 g/mol. The number of hydrogen-bond donors (Lipinski definition) is 1. The standard InChI is InChI=1S/C26H24O3/c1-29-22-13-15-24-21(17-22)12-14-23(19-5-3-2-4-6-19)26(24)20-10-7-18(8-11-20)9-16-25(27)28/h2-11,13,15-17,23,26H,12,14H2,1H3,(H,27,28)/b16-9+. The number of carbonyl (C=O) groups is 1. The van der Waals surface area contributed by atoms with Crippen molar-refractivity contribution in [1.29, 1.82) is 0 Å². The van der Waals surface area contributed by atoms with Crippen molar-refractivity contribution in [1.82, 2.24) is 0 Å². The maximum absolute atomic E-state index is 10.8. The Hall–Kier alpha value is -3.33. The van der Waals surface area contributed by atoms with E-state index in [2.05, 4.69) is 54.6 Å². The number of hydrogen-bond acceptors (Lipinski definition) is 2. The third-order valence-electron chi connectivity index (χ3n) is 5.75. The van der Waals surface area contributed by atoms with E-state index in [0.29, 0.717) is 5.92 Å². The van der Waals surface area contributed by atoms with Crippen LogP contribution in [0.25, 0.3) is 6.08 Å². The van der Waals surface area contributed by atoms with E-state index in [-0.39, 0.29) is 5.92 Å². The molecule has 1 aliphatic carbocycles. The lowest BCUT2D eigenvalue weighted by molar-refractivity contribution is -0.131. The number of carboxylic acids is 1. The summed E-state index contributed by atoms with van der Waals surface area (Å²) >= 11 is 0. The fraction of sp³-hybridized carbons (Fsp3) is 0.192. The number of aliphatic carboxylic acids is 1. The van der Waals surface area contributed by atoms with Gasteiger partial charge in [0.25, 0.3) is 0 Å². The van der Waals surface area contributed by atoms with Crippen LogP contribution in [0.4, 0.5) is 0 Å². The Morgan fingerprint density at radius 1 is 1.00 bits per heavy atom. The summed E-state index contributed by atoms with van der Waals surface area (Å²) in [5.41, 5.74) is 6.18. The normalized spacial score (nSPS) is 18.4. The van der Waals surface area contributed by atoms with Gasteiger partial charge in [0.15, 0.2) is 0 Å². The van der Waals surface area contributed by atoms with Crippen molar-refractivity contribution in [2.24, 2.45) is 0 Å². The molecule has 2 unspecified atom stereocenters. The largest absolute Gasteiger partial charge is 0.497 e. The molecule has 0 spiro atoms. The van der Waals surface area contributed by atoms with E-state index >= 15 is 0 Å². The first-order valence-corrected chi connectivity index (χ1v) is 9.88. The quantitative estimate of drug-likeness (QED) is 0.578. The Bertz CT molecular complexity index is 1020. The summed E-state index contributed by atoms with van der Waals surface area (Å²) in [7, 11) is 1.71. The monoisotopic (exact) mass is 384 g/mol. The predicted octanol–water partition coefficient (Wildman–Crippen LogP) is 5.65. The Morgan fingerprint density at radius 3 is 2.45 bits per heavy atom. The third kappa shape index (κ3) is 4.09. The molecule has 0 heterocycles. The molecule has 1 N–H and O–H groups in total. The number of carboxylic acid groups (broad SMARTS) is 1. The van der Waals surface area contributed by atoms with E-state index in [1.807, 2.05) is 18.2 Å². The zero-order valence-corrected chi connectivity index (χ0v) is 16.4. The smallest absolute Gasteiger partial charge is 0.328 e. The second-order valence-corrected chi connectivity index (χ2v) is 7.44. The van der Waals surface area contributed by atoms with Gasteiger partial charge in [-0.1, -0.05) is 60.7 Å². The van der Waals surface area contributed by atoms with Crippen LogP contribution >= 0.6 is 0 Å². The molecule has 3 aromatic rings. The van der Waals surface area contributed by atoms with Gasteiger partial charge < -0.3 is 9.84 Å². The van der Waals surface area contributed by atoms with Crippen molar-refractivity contribution in [3.8, 4) is 5.75 Å². The van der Waals surface area contributed by atoms with Crippen LogP contribution in [-0.2, 0) is 11.2 Å². The molecule has 3 aromatic carbocycles. The van der Waals surface area contributed by atoms with Crippen LogP contribution in [0.1, 0.15) is 46.1 Å². The zero-order chi connectivity index (χ0) is 20.2. The molecule has 0 bridgehead atoms. The third-order valence-corrected chi connectivity index (χ3v) is 5.75. The average molecular weight is 384 g/mol. The molecular formula is C26H24O3. The first kappa shape index (κ1) is 19.0. The van der Waals surface area contributed by atoms with Crippen LogP contribution in [-0.4, -0.2) is 18.2 Å². The Kier molecular flexibility index (Phi) is 5.48. The fourth-order valence-corrected chi connectivity index (χ4v) is 4.38. The predicted molar refractivity (Wildman–Crippen MR) is 115 cm³/mol. The minimum absolute atomic E-state index is 0.254. The molecule has 0 amide bonds. The molecule has 1 aliphatic rings. The second kappa shape index (κ2) is 8.36. The fourth-order valence-electron chi connectivity index (χ4n) is 4.38. The van der Waals surface area contributed by atoms with E-state index in [1.165, 1.54) is 28.3 Å². The van der Waals surface area contributed by atoms with Crippen LogP contribution in [0.5, 0.6) is 5.75 Å². The summed E-state index contributed by atoms with van der Waals surface area (Å²) in [5.74, 6) is 0.616. The molecule has 3 nitrogen and oxygen atoms in total. The Morgan fingerprint density at radius 2 is 1.76 bits per heavy atom. The summed E-state index contributed by atoms with van der Waals surface area (Å²) in [5, 5.41) is 8.85. The molecule has 0 saturated heterocycles. The van der Waals surface area contributed by atoms with Gasteiger partial charge in [-0.2, -0.15) is 0 Å². The number of rotatable bonds is 5. The van der Waals surface area contributed by atoms with Crippen molar-refractivity contribution in [2.75, 3.05) is 7.11 Å². The SMILES string of the molecule is COc1ccc2c(c1)CCC(c1ccccc1)C2c1ccc(/C=C/C(=O)O)cc1. The van der Waals surface area contributed by atoms with Gasteiger partial charge in [0.1, 0.15) is 5.75 Å². The van der Waals surface area contributed by atoms with Gasteiger partial charge in [-0.25, -0.2) is 4.79 Å². The van der Waals surface area contributed by atoms with E-state index in [4.69, 9.17) is 9.84 Å². The van der Waals surface area contributed by atoms with E-state index < -0.39 is 5.97 Å². The molecule has 146 valence electrons.